The molecule has 3 atom stereocenters. The van der Waals surface area contributed by atoms with E-state index in [-0.39, 0.29) is 18.2 Å². The molecule has 30 heavy (non-hydrogen) atoms. The number of nitrogens with two attached hydrogens (primary N) is 1. The second kappa shape index (κ2) is 11.1. The van der Waals surface area contributed by atoms with E-state index in [4.69, 9.17) is 30.1 Å². The fraction of sp³-hybridized carbons (Fsp3) is 0.458. The Bertz CT molecular complexity index is 822. The van der Waals surface area contributed by atoms with E-state index in [9.17, 15) is 0 Å². The van der Waals surface area contributed by atoms with Crippen LogP contribution in [0.5, 0.6) is 11.5 Å². The van der Waals surface area contributed by atoms with E-state index in [1.165, 1.54) is 0 Å². The zero-order valence-electron chi connectivity index (χ0n) is 17.8. The quantitative estimate of drug-likeness (QED) is 0.772. The molecule has 0 radical (unpaired) electrons. The largest absolute Gasteiger partial charge is 0.490 e. The van der Waals surface area contributed by atoms with E-state index in [0.717, 1.165) is 23.3 Å². The van der Waals surface area contributed by atoms with Gasteiger partial charge in [-0.2, -0.15) is 0 Å². The molecule has 0 bridgehead atoms. The number of benzene rings is 2. The number of ether oxygens (including phenoxy) is 4. The molecule has 2 aromatic rings. The third-order valence-electron chi connectivity index (χ3n) is 5.39. The molecule has 162 valence electrons. The highest BCUT2D eigenvalue weighted by molar-refractivity contribution is 6.00. The third-order valence-corrected chi connectivity index (χ3v) is 5.39. The number of fused-ring (bicyclic) bond motifs is 2. The van der Waals surface area contributed by atoms with Crippen LogP contribution >= 0.6 is 0 Å². The lowest BCUT2D eigenvalue weighted by atomic mass is 9.97. The molecule has 3 rings (SSSR count). The van der Waals surface area contributed by atoms with Crippen molar-refractivity contribution in [1.29, 1.82) is 5.41 Å². The minimum absolute atomic E-state index is 0.0238. The molecule has 1 aliphatic heterocycles. The van der Waals surface area contributed by atoms with Crippen LogP contribution in [0.15, 0.2) is 48.5 Å². The van der Waals surface area contributed by atoms with Gasteiger partial charge >= 0.3 is 0 Å². The van der Waals surface area contributed by atoms with E-state index in [1.54, 1.807) is 7.11 Å². The maximum Gasteiger partial charge on any atom is 0.128 e. The summed E-state index contributed by atoms with van der Waals surface area (Å²) >= 11 is 0. The molecule has 0 spiro atoms. The van der Waals surface area contributed by atoms with Gasteiger partial charge in [0.25, 0.3) is 0 Å². The Morgan fingerprint density at radius 2 is 1.73 bits per heavy atom. The van der Waals surface area contributed by atoms with Gasteiger partial charge in [0.05, 0.1) is 12.7 Å². The lowest BCUT2D eigenvalue weighted by Crippen LogP contribution is -2.32. The molecule has 0 saturated heterocycles. The fourth-order valence-corrected chi connectivity index (χ4v) is 3.46. The maximum absolute atomic E-state index is 8.55. The van der Waals surface area contributed by atoms with Crippen molar-refractivity contribution in [3.63, 3.8) is 0 Å². The van der Waals surface area contributed by atoms with Crippen LogP contribution in [0.4, 0.5) is 0 Å². The van der Waals surface area contributed by atoms with Crippen molar-refractivity contribution in [1.82, 2.24) is 0 Å². The first-order valence-corrected chi connectivity index (χ1v) is 10.5. The second-order valence-electron chi connectivity index (χ2n) is 7.50. The van der Waals surface area contributed by atoms with Crippen LogP contribution in [0.2, 0.25) is 0 Å². The van der Waals surface area contributed by atoms with E-state index in [0.29, 0.717) is 44.1 Å². The van der Waals surface area contributed by atoms with Gasteiger partial charge in [-0.1, -0.05) is 37.3 Å². The molecule has 0 amide bonds. The maximum atomic E-state index is 8.55. The minimum Gasteiger partial charge on any atom is -0.490 e. The van der Waals surface area contributed by atoms with Crippen molar-refractivity contribution in [2.75, 3.05) is 26.9 Å². The molecule has 0 aromatic heterocycles. The van der Waals surface area contributed by atoms with E-state index in [2.05, 4.69) is 6.92 Å². The van der Waals surface area contributed by atoms with Gasteiger partial charge in [0.1, 0.15) is 30.8 Å². The lowest BCUT2D eigenvalue weighted by molar-refractivity contribution is -0.0564. The summed E-state index contributed by atoms with van der Waals surface area (Å²) in [4.78, 5) is 0. The van der Waals surface area contributed by atoms with E-state index >= 15 is 0 Å². The normalized spacial score (nSPS) is 21.0. The highest BCUT2D eigenvalue weighted by Crippen LogP contribution is 2.29. The van der Waals surface area contributed by atoms with Gasteiger partial charge in [-0.3, -0.25) is 0 Å². The summed E-state index contributed by atoms with van der Waals surface area (Å²) in [5.41, 5.74) is 8.71. The number of methoxy groups -OCH3 is 1. The van der Waals surface area contributed by atoms with Gasteiger partial charge in [-0.05, 0) is 37.5 Å². The smallest absolute Gasteiger partial charge is 0.128 e. The average Bonchev–Trinajstić information content (AvgIpc) is 2.79. The monoisotopic (exact) mass is 412 g/mol. The van der Waals surface area contributed by atoms with Crippen LogP contribution in [-0.2, 0) is 9.47 Å². The van der Waals surface area contributed by atoms with Crippen LogP contribution in [-0.4, -0.2) is 44.9 Å². The molecule has 0 aliphatic carbocycles. The molecule has 2 aromatic carbocycles. The van der Waals surface area contributed by atoms with Gasteiger partial charge in [0, 0.05) is 30.0 Å². The van der Waals surface area contributed by atoms with Gasteiger partial charge in [0.15, 0.2) is 0 Å². The number of hydrogen-bond donors (Lipinski definition) is 2. The fourth-order valence-electron chi connectivity index (χ4n) is 3.46. The summed E-state index contributed by atoms with van der Waals surface area (Å²) in [6.45, 7) is 3.18. The van der Waals surface area contributed by atoms with Crippen LogP contribution in [0, 0.1) is 5.41 Å². The van der Waals surface area contributed by atoms with E-state index < -0.39 is 0 Å². The molecule has 1 heterocycles. The Hall–Kier alpha value is -2.41. The van der Waals surface area contributed by atoms with Crippen molar-refractivity contribution in [2.45, 2.75) is 44.4 Å². The van der Waals surface area contributed by atoms with Crippen LogP contribution in [0.3, 0.4) is 0 Å². The SMILES string of the molecule is CCC(COC1COc2ccccc2C(=N)CCC(N)c2ccccc2OC1)OC. The van der Waals surface area contributed by atoms with E-state index in [1.807, 2.05) is 48.5 Å². The highest BCUT2D eigenvalue weighted by Gasteiger charge is 2.20. The van der Waals surface area contributed by atoms with Crippen LogP contribution in [0.1, 0.15) is 43.4 Å². The summed E-state index contributed by atoms with van der Waals surface area (Å²) in [7, 11) is 1.69. The number of nitrogens with one attached hydrogen (secondary N) is 1. The van der Waals surface area contributed by atoms with Gasteiger partial charge in [0.2, 0.25) is 0 Å². The van der Waals surface area contributed by atoms with Crippen molar-refractivity contribution in [3.8, 4) is 11.5 Å². The van der Waals surface area contributed by atoms with Gasteiger partial charge < -0.3 is 30.1 Å². The van der Waals surface area contributed by atoms with Crippen LogP contribution < -0.4 is 15.2 Å². The minimum atomic E-state index is -0.290. The molecular weight excluding hydrogens is 380 g/mol. The van der Waals surface area contributed by atoms with Crippen molar-refractivity contribution in [2.24, 2.45) is 5.73 Å². The topological polar surface area (TPSA) is 86.8 Å². The molecule has 0 saturated carbocycles. The number of hydrogen-bond acceptors (Lipinski definition) is 6. The standard InChI is InChI=1S/C24H32N2O4/c1-3-17(27-2)14-28-18-15-29-23-10-6-4-8-19(23)21(25)12-13-22(26)20-9-5-7-11-24(20)30-16-18/h4-11,17-18,21,26H,3,12-16,25H2,1-2H3. The summed E-state index contributed by atoms with van der Waals surface area (Å²) in [5.74, 6) is 1.43. The summed E-state index contributed by atoms with van der Waals surface area (Å²) in [5, 5.41) is 8.55. The predicted octanol–water partition coefficient (Wildman–Crippen LogP) is 4.12. The van der Waals surface area contributed by atoms with Crippen LogP contribution in [0.25, 0.3) is 0 Å². The highest BCUT2D eigenvalue weighted by atomic mass is 16.6. The zero-order valence-corrected chi connectivity index (χ0v) is 17.8. The Balaban J connectivity index is 1.85. The zero-order chi connectivity index (χ0) is 21.3. The van der Waals surface area contributed by atoms with Gasteiger partial charge in [-0.15, -0.1) is 0 Å². The van der Waals surface area contributed by atoms with Gasteiger partial charge in [-0.25, -0.2) is 0 Å². The Labute approximate surface area is 178 Å². The number of rotatable bonds is 5. The molecule has 6 heteroatoms. The summed E-state index contributed by atoms with van der Waals surface area (Å²) in [6.07, 6.45) is 1.81. The average molecular weight is 413 g/mol. The summed E-state index contributed by atoms with van der Waals surface area (Å²) < 4.78 is 23.7. The third kappa shape index (κ3) is 5.81. The molecule has 1 aliphatic rings. The number of para-hydroxylation sites is 2. The first-order valence-electron chi connectivity index (χ1n) is 10.5. The Morgan fingerprint density at radius 1 is 1.07 bits per heavy atom. The molecule has 3 unspecified atom stereocenters. The molecule has 6 nitrogen and oxygen atoms in total. The van der Waals surface area contributed by atoms with Crippen molar-refractivity contribution in [3.05, 3.63) is 59.7 Å². The lowest BCUT2D eigenvalue weighted by Gasteiger charge is -2.23. The molecule has 0 fully saturated rings. The predicted molar refractivity (Wildman–Crippen MR) is 118 cm³/mol. The van der Waals surface area contributed by atoms with Crippen molar-refractivity contribution < 1.29 is 18.9 Å². The van der Waals surface area contributed by atoms with Crippen molar-refractivity contribution >= 4 is 5.71 Å². The first-order chi connectivity index (χ1) is 14.6. The first kappa shape index (κ1) is 22.3. The summed E-state index contributed by atoms with van der Waals surface area (Å²) in [6, 6.07) is 15.2. The molecular formula is C24H32N2O4. The Kier molecular flexibility index (Phi) is 8.25. The molecule has 3 N–H and O–H groups in total. The Morgan fingerprint density at radius 3 is 2.47 bits per heavy atom. The second-order valence-corrected chi connectivity index (χ2v) is 7.50.